The number of fused-ring (bicyclic) bond motifs is 1. The summed E-state index contributed by atoms with van der Waals surface area (Å²) in [5.41, 5.74) is 0.570. The first-order valence-corrected chi connectivity index (χ1v) is 4.82. The Hall–Kier alpha value is -0.800. The van der Waals surface area contributed by atoms with Gasteiger partial charge in [-0.3, -0.25) is 4.79 Å². The number of H-pyrrole nitrogens is 1. The molecule has 0 atom stereocenters. The molecule has 0 unspecified atom stereocenters. The number of rotatable bonds is 0. The van der Waals surface area contributed by atoms with Crippen molar-refractivity contribution in [3.63, 3.8) is 0 Å². The summed E-state index contributed by atoms with van der Waals surface area (Å²) in [7, 11) is 0. The van der Waals surface area contributed by atoms with Gasteiger partial charge in [-0.2, -0.15) is 0 Å². The first kappa shape index (κ1) is 8.78. The first-order chi connectivity index (χ1) is 6.16. The molecule has 0 bridgehead atoms. The average Bonchev–Trinajstić information content (AvgIpc) is 2.06. The lowest BCUT2D eigenvalue weighted by molar-refractivity contribution is 1.31. The molecule has 2 aromatic rings. The highest BCUT2D eigenvalue weighted by atomic mass is 79.9. The molecule has 1 heterocycles. The van der Waals surface area contributed by atoms with E-state index >= 15 is 0 Å². The fourth-order valence-electron chi connectivity index (χ4n) is 1.18. The molecule has 0 spiro atoms. The molecule has 4 heteroatoms. The molecule has 13 heavy (non-hydrogen) atoms. The van der Waals surface area contributed by atoms with Crippen molar-refractivity contribution in [2.75, 3.05) is 0 Å². The number of hydrogen-bond acceptors (Lipinski definition) is 1. The van der Waals surface area contributed by atoms with Gasteiger partial charge in [0.25, 0.3) is 0 Å². The molecule has 0 amide bonds. The van der Waals surface area contributed by atoms with Crippen LogP contribution in [0.2, 0.25) is 5.02 Å². The Bertz CT molecular complexity index is 520. The highest BCUT2D eigenvalue weighted by Gasteiger charge is 2.00. The Balaban J connectivity index is 2.95. The topological polar surface area (TPSA) is 32.9 Å². The summed E-state index contributed by atoms with van der Waals surface area (Å²) in [5.74, 6) is 0. The van der Waals surface area contributed by atoms with Crippen molar-refractivity contribution < 1.29 is 0 Å². The first-order valence-electron chi connectivity index (χ1n) is 3.65. The molecule has 0 saturated heterocycles. The highest BCUT2D eigenvalue weighted by Crippen LogP contribution is 2.23. The molecular formula is C9H5BrClNO. The van der Waals surface area contributed by atoms with Gasteiger partial charge < -0.3 is 4.98 Å². The van der Waals surface area contributed by atoms with Crippen molar-refractivity contribution in [3.05, 3.63) is 44.1 Å². The molecule has 1 aromatic carbocycles. The van der Waals surface area contributed by atoms with Crippen molar-refractivity contribution in [1.29, 1.82) is 0 Å². The van der Waals surface area contributed by atoms with E-state index in [1.807, 2.05) is 18.2 Å². The quantitative estimate of drug-likeness (QED) is 0.774. The number of pyridine rings is 1. The third kappa shape index (κ3) is 1.62. The molecule has 0 radical (unpaired) electrons. The largest absolute Gasteiger partial charge is 0.322 e. The maximum atomic E-state index is 11.0. The number of nitrogens with one attached hydrogen (secondary N) is 1. The smallest absolute Gasteiger partial charge is 0.249 e. The van der Waals surface area contributed by atoms with E-state index in [1.54, 1.807) is 0 Å². The molecule has 2 nitrogen and oxygen atoms in total. The fourth-order valence-corrected chi connectivity index (χ4v) is 1.80. The maximum Gasteiger partial charge on any atom is 0.249 e. The van der Waals surface area contributed by atoms with E-state index in [0.29, 0.717) is 5.02 Å². The molecular weight excluding hydrogens is 253 g/mol. The second-order valence-electron chi connectivity index (χ2n) is 2.67. The van der Waals surface area contributed by atoms with E-state index in [9.17, 15) is 4.79 Å². The summed E-state index contributed by atoms with van der Waals surface area (Å²) in [6.07, 6.45) is 0. The molecule has 66 valence electrons. The summed E-state index contributed by atoms with van der Waals surface area (Å²) in [4.78, 5) is 13.7. The highest BCUT2D eigenvalue weighted by molar-refractivity contribution is 9.10. The molecule has 1 aromatic heterocycles. The lowest BCUT2D eigenvalue weighted by atomic mass is 10.2. The fraction of sp³-hybridized carbons (Fsp3) is 0. The summed E-state index contributed by atoms with van der Waals surface area (Å²) in [6, 6.07) is 6.91. The Morgan fingerprint density at radius 1 is 1.31 bits per heavy atom. The Morgan fingerprint density at radius 3 is 2.85 bits per heavy atom. The van der Waals surface area contributed by atoms with Gasteiger partial charge in [-0.1, -0.05) is 27.5 Å². The minimum atomic E-state index is -0.181. The van der Waals surface area contributed by atoms with Crippen LogP contribution in [0.4, 0.5) is 0 Å². The third-order valence-corrected chi connectivity index (χ3v) is 2.56. The van der Waals surface area contributed by atoms with E-state index in [2.05, 4.69) is 20.9 Å². The molecule has 0 aliphatic rings. The predicted molar refractivity (Wildman–Crippen MR) is 57.3 cm³/mol. The Labute approximate surface area is 87.7 Å². The van der Waals surface area contributed by atoms with Gasteiger partial charge in [0.2, 0.25) is 5.56 Å². The van der Waals surface area contributed by atoms with Crippen LogP contribution < -0.4 is 5.56 Å². The van der Waals surface area contributed by atoms with E-state index in [1.165, 1.54) is 6.07 Å². The maximum absolute atomic E-state index is 11.0. The van der Waals surface area contributed by atoms with E-state index < -0.39 is 0 Å². The van der Waals surface area contributed by atoms with Crippen molar-refractivity contribution in [2.24, 2.45) is 0 Å². The van der Waals surface area contributed by atoms with Crippen LogP contribution in [0.3, 0.4) is 0 Å². The van der Waals surface area contributed by atoms with Crippen LogP contribution in [0.1, 0.15) is 0 Å². The molecule has 0 saturated carbocycles. The van der Waals surface area contributed by atoms with E-state index in [4.69, 9.17) is 11.6 Å². The van der Waals surface area contributed by atoms with Gasteiger partial charge in [0.1, 0.15) is 0 Å². The predicted octanol–water partition coefficient (Wildman–Crippen LogP) is 2.94. The van der Waals surface area contributed by atoms with Gasteiger partial charge in [0.15, 0.2) is 0 Å². The van der Waals surface area contributed by atoms with E-state index in [-0.39, 0.29) is 5.56 Å². The van der Waals surface area contributed by atoms with Crippen LogP contribution in [0.15, 0.2) is 33.5 Å². The van der Waals surface area contributed by atoms with Crippen LogP contribution in [-0.2, 0) is 0 Å². The SMILES string of the molecule is O=c1cc(Cl)c2cc(Br)ccc2[nH]1. The zero-order valence-electron chi connectivity index (χ0n) is 6.47. The van der Waals surface area contributed by atoms with Crippen LogP contribution in [0, 0.1) is 0 Å². The number of halogens is 2. The van der Waals surface area contributed by atoms with Crippen molar-refractivity contribution in [2.45, 2.75) is 0 Å². The second kappa shape index (κ2) is 3.16. The summed E-state index contributed by atoms with van der Waals surface area (Å²) >= 11 is 9.23. The normalized spacial score (nSPS) is 10.6. The Kier molecular flexibility index (Phi) is 2.14. The van der Waals surface area contributed by atoms with Gasteiger partial charge in [-0.15, -0.1) is 0 Å². The third-order valence-electron chi connectivity index (χ3n) is 1.75. The zero-order valence-corrected chi connectivity index (χ0v) is 8.82. The minimum Gasteiger partial charge on any atom is -0.322 e. The average molecular weight is 259 g/mol. The lowest BCUT2D eigenvalue weighted by Crippen LogP contribution is -2.03. The van der Waals surface area contributed by atoms with Crippen molar-refractivity contribution in [3.8, 4) is 0 Å². The van der Waals surface area contributed by atoms with Crippen LogP contribution in [0.25, 0.3) is 10.9 Å². The minimum absolute atomic E-state index is 0.181. The Morgan fingerprint density at radius 2 is 2.08 bits per heavy atom. The summed E-state index contributed by atoms with van der Waals surface area (Å²) in [5, 5.41) is 1.32. The van der Waals surface area contributed by atoms with Crippen molar-refractivity contribution >= 4 is 38.4 Å². The number of benzene rings is 1. The second-order valence-corrected chi connectivity index (χ2v) is 3.99. The zero-order chi connectivity index (χ0) is 9.42. The number of hydrogen-bond donors (Lipinski definition) is 1. The summed E-state index contributed by atoms with van der Waals surface area (Å²) < 4.78 is 0.939. The van der Waals surface area contributed by atoms with Gasteiger partial charge in [0, 0.05) is 21.4 Å². The van der Waals surface area contributed by atoms with Crippen LogP contribution in [-0.4, -0.2) is 4.98 Å². The molecule has 1 N–H and O–H groups in total. The number of aromatic amines is 1. The molecule has 2 rings (SSSR count). The standard InChI is InChI=1S/C9H5BrClNO/c10-5-1-2-8-6(3-5)7(11)4-9(13)12-8/h1-4H,(H,12,13). The lowest BCUT2D eigenvalue weighted by Gasteiger charge is -1.99. The van der Waals surface area contributed by atoms with Gasteiger partial charge >= 0.3 is 0 Å². The monoisotopic (exact) mass is 257 g/mol. The van der Waals surface area contributed by atoms with Crippen LogP contribution >= 0.6 is 27.5 Å². The molecule has 0 aliphatic heterocycles. The molecule has 0 fully saturated rings. The van der Waals surface area contributed by atoms with Gasteiger partial charge in [-0.05, 0) is 18.2 Å². The van der Waals surface area contributed by atoms with E-state index in [0.717, 1.165) is 15.4 Å². The number of aromatic nitrogens is 1. The summed E-state index contributed by atoms with van der Waals surface area (Å²) in [6.45, 7) is 0. The molecule has 0 aliphatic carbocycles. The van der Waals surface area contributed by atoms with Gasteiger partial charge in [-0.25, -0.2) is 0 Å². The van der Waals surface area contributed by atoms with Gasteiger partial charge in [0.05, 0.1) is 5.02 Å². The van der Waals surface area contributed by atoms with Crippen LogP contribution in [0.5, 0.6) is 0 Å². The van der Waals surface area contributed by atoms with Crippen molar-refractivity contribution in [1.82, 2.24) is 4.98 Å².